The molecule has 0 aliphatic carbocycles. The van der Waals surface area contributed by atoms with Crippen molar-refractivity contribution >= 4 is 82.3 Å². The fourth-order valence-corrected chi connectivity index (χ4v) is 13.5. The maximum absolute atomic E-state index is 12.4. The number of aliphatic hydroxyl groups excluding tert-OH is 1. The standard InChI is InChI=1S/C40H55IN2O15S4/c1-38(2,22-24-44)43-34-19-17-30(62(56,57)58)28-32(34)39(3,20-11-25-59(47,48)49)35(41-43)13-7-5-8-14-36-40(4,21-12-26-60(50,51)52)31-27-29(61(53,54)55)16-18-33(31)42(36)23-10-6-9-15-37(45)46/h5,7-8,13-14,16-19,27-28,44H,6,9-12,15,20-26H2,1-4H3,(H,45,46)(H,47,48,49)(H,50,51,52)(H,53,54,55)(H,56,57,58)/p-2/b8-5+,13-7+,36-14+. The van der Waals surface area contributed by atoms with E-state index >= 15 is 0 Å². The normalized spacial score (nSPS) is 20.7. The first-order valence-corrected chi connectivity index (χ1v) is 27.7. The minimum atomic E-state index is -4.90. The van der Waals surface area contributed by atoms with E-state index in [2.05, 4.69) is 3.11 Å². The number of halogens is 1. The van der Waals surface area contributed by atoms with Gasteiger partial charge in [0.15, 0.2) is 0 Å². The molecule has 2 aromatic carbocycles. The fraction of sp³-hybridized carbons (Fsp3) is 0.500. The third-order valence-electron chi connectivity index (χ3n) is 11.2. The van der Waals surface area contributed by atoms with E-state index < -0.39 is 100 Å². The molecule has 0 bridgehead atoms. The third-order valence-corrected chi connectivity index (χ3v) is 18.8. The monoisotopic (exact) mass is 1060 g/mol. The number of aliphatic hydroxyl groups is 1. The van der Waals surface area contributed by atoms with Crippen LogP contribution < -0.4 is 8.01 Å². The number of unbranched alkanes of at least 4 members (excludes halogenated alkanes) is 2. The quantitative estimate of drug-likeness (QED) is 0.0370. The first kappa shape index (κ1) is 51.6. The number of allylic oxidation sites excluding steroid dienone is 6. The number of fused-ring (bicyclic) bond motifs is 2. The zero-order chi connectivity index (χ0) is 46.5. The molecule has 0 radical (unpaired) electrons. The number of carboxylic acids is 1. The summed E-state index contributed by atoms with van der Waals surface area (Å²) in [4.78, 5) is 12.2. The number of anilines is 2. The lowest BCUT2D eigenvalue weighted by atomic mass is 9.74. The smallest absolute Gasteiger partial charge is 0.303 e. The Balaban J connectivity index is 1.86. The van der Waals surface area contributed by atoms with Gasteiger partial charge in [-0.25, -0.2) is 16.8 Å². The van der Waals surface area contributed by atoms with Gasteiger partial charge in [-0.1, -0.05) is 37.6 Å². The molecule has 0 fully saturated rings. The fourth-order valence-electron chi connectivity index (χ4n) is 7.90. The molecule has 346 valence electrons. The Morgan fingerprint density at radius 3 is 1.98 bits per heavy atom. The number of rotatable bonds is 22. The third kappa shape index (κ3) is 13.0. The van der Waals surface area contributed by atoms with E-state index in [-0.39, 0.29) is 43.6 Å². The van der Waals surface area contributed by atoms with Gasteiger partial charge in [0.1, 0.15) is 10.1 Å². The summed E-state index contributed by atoms with van der Waals surface area (Å²) >= 11 is -1.13. The summed E-state index contributed by atoms with van der Waals surface area (Å²) in [6.45, 7) is 7.63. The van der Waals surface area contributed by atoms with E-state index in [9.17, 15) is 61.8 Å². The molecule has 2 aliphatic heterocycles. The highest BCUT2D eigenvalue weighted by Crippen LogP contribution is 2.52. The van der Waals surface area contributed by atoms with Crippen LogP contribution in [0, 0.1) is 0 Å². The van der Waals surface area contributed by atoms with Gasteiger partial charge in [-0.05, 0) is 119 Å². The lowest BCUT2D eigenvalue weighted by Crippen LogP contribution is -2.45. The van der Waals surface area contributed by atoms with Crippen molar-refractivity contribution in [3.63, 3.8) is 0 Å². The van der Waals surface area contributed by atoms with E-state index in [1.807, 2.05) is 31.7 Å². The second kappa shape index (κ2) is 20.0. The van der Waals surface area contributed by atoms with Gasteiger partial charge in [0.25, 0.3) is 20.2 Å². The number of hydrogen-bond donors (Lipinski definition) is 4. The van der Waals surface area contributed by atoms with Gasteiger partial charge in [0, 0.05) is 77.6 Å². The molecule has 2 heterocycles. The van der Waals surface area contributed by atoms with Gasteiger partial charge in [-0.2, -0.15) is 16.8 Å². The van der Waals surface area contributed by atoms with E-state index in [1.165, 1.54) is 30.3 Å². The zero-order valence-corrected chi connectivity index (χ0v) is 40.2. The van der Waals surface area contributed by atoms with Crippen LogP contribution in [-0.4, -0.2) is 102 Å². The van der Waals surface area contributed by atoms with E-state index in [4.69, 9.17) is 5.11 Å². The minimum Gasteiger partial charge on any atom is -0.748 e. The summed E-state index contributed by atoms with van der Waals surface area (Å²) in [5.74, 6) is -2.19. The lowest BCUT2D eigenvalue weighted by Gasteiger charge is -2.46. The number of hydrogen-bond acceptors (Lipinski definition) is 14. The number of carbonyl (C=O) groups is 1. The van der Waals surface area contributed by atoms with Crippen molar-refractivity contribution in [1.82, 2.24) is 0 Å². The van der Waals surface area contributed by atoms with Crippen molar-refractivity contribution in [3.8, 4) is 0 Å². The van der Waals surface area contributed by atoms with Gasteiger partial charge < -0.3 is 27.3 Å². The Morgan fingerprint density at radius 2 is 1.39 bits per heavy atom. The second-order valence-corrected chi connectivity index (χ2v) is 24.9. The van der Waals surface area contributed by atoms with Crippen LogP contribution >= 0.6 is 21.0 Å². The predicted molar refractivity (Wildman–Crippen MR) is 242 cm³/mol. The van der Waals surface area contributed by atoms with E-state index in [0.29, 0.717) is 60.4 Å². The van der Waals surface area contributed by atoms with Crippen LogP contribution in [0.5, 0.6) is 0 Å². The molecule has 2 aromatic rings. The van der Waals surface area contributed by atoms with Crippen molar-refractivity contribution in [2.75, 3.05) is 32.7 Å². The number of nitrogens with zero attached hydrogens (tertiary/aromatic N) is 2. The lowest BCUT2D eigenvalue weighted by molar-refractivity contribution is -0.137. The molecule has 4 rings (SSSR count). The summed E-state index contributed by atoms with van der Waals surface area (Å²) in [5.41, 5.74) is -0.0205. The Kier molecular flexibility index (Phi) is 16.6. The molecule has 2 aliphatic rings. The van der Waals surface area contributed by atoms with Crippen LogP contribution in [0.1, 0.15) is 96.6 Å². The zero-order valence-electron chi connectivity index (χ0n) is 34.7. The van der Waals surface area contributed by atoms with Crippen LogP contribution in [0.2, 0.25) is 0 Å². The highest BCUT2D eigenvalue weighted by molar-refractivity contribution is 14.2. The molecule has 17 nitrogen and oxygen atoms in total. The summed E-state index contributed by atoms with van der Waals surface area (Å²) in [6.07, 6.45) is 10.6. The van der Waals surface area contributed by atoms with Crippen LogP contribution in [-0.2, 0) is 56.1 Å². The van der Waals surface area contributed by atoms with Crippen LogP contribution in [0.4, 0.5) is 11.4 Å². The number of aliphatic carboxylic acids is 1. The molecule has 62 heavy (non-hydrogen) atoms. The van der Waals surface area contributed by atoms with Crippen molar-refractivity contribution in [3.05, 3.63) is 83.6 Å². The van der Waals surface area contributed by atoms with Crippen LogP contribution in [0.25, 0.3) is 0 Å². The van der Waals surface area contributed by atoms with Gasteiger partial charge in [0.05, 0.1) is 31.3 Å². The molecule has 0 aromatic heterocycles. The van der Waals surface area contributed by atoms with Gasteiger partial charge >= 0.3 is 5.97 Å². The SMILES string of the molecule is CC1(CCCS(=O)(=O)O)C(/C=C/C=C/C=C2/N(CCCCCC(=O)O)c3ccc(S(=O)(=O)[O-])cc3C2(C)CCCS(=O)(=O)[O-])=IN(C(C)(C)CCO)c2ccc(S(=O)(=O)O)cc21. The average Bonchev–Trinajstić information content (AvgIpc) is 3.35. The average molecular weight is 1060 g/mol. The van der Waals surface area contributed by atoms with E-state index in [0.717, 1.165) is 3.51 Å². The summed E-state index contributed by atoms with van der Waals surface area (Å²) in [6, 6.07) is 8.15. The highest BCUT2D eigenvalue weighted by atomic mass is 127. The summed E-state index contributed by atoms with van der Waals surface area (Å²) < 4.78 is 142. The molecule has 22 heteroatoms. The molecular formula is C40H53IN2O15S4-2. The molecule has 0 saturated heterocycles. The van der Waals surface area contributed by atoms with Crippen molar-refractivity contribution in [2.45, 2.75) is 112 Å². The summed E-state index contributed by atoms with van der Waals surface area (Å²) in [7, 11) is -18.5. The number of carboxylic acid groups (broad SMARTS) is 1. The maximum Gasteiger partial charge on any atom is 0.303 e. The molecule has 0 spiro atoms. The van der Waals surface area contributed by atoms with Crippen LogP contribution in [0.15, 0.2) is 82.3 Å². The Hall–Kier alpha value is -3.07. The molecule has 0 saturated carbocycles. The topological polar surface area (TPSA) is 287 Å². The highest BCUT2D eigenvalue weighted by Gasteiger charge is 2.44. The number of benzene rings is 2. The van der Waals surface area contributed by atoms with Gasteiger partial charge in [-0.3, -0.25) is 13.9 Å². The first-order chi connectivity index (χ1) is 28.5. The molecular weight excluding hydrogens is 1000 g/mol. The molecule has 2 unspecified atom stereocenters. The van der Waals surface area contributed by atoms with E-state index in [1.54, 1.807) is 37.3 Å². The Labute approximate surface area is 374 Å². The van der Waals surface area contributed by atoms with Crippen LogP contribution in [0.3, 0.4) is 0 Å². The molecule has 4 N–H and O–H groups in total. The van der Waals surface area contributed by atoms with Crippen molar-refractivity contribution in [1.29, 1.82) is 0 Å². The van der Waals surface area contributed by atoms with Gasteiger partial charge in [-0.15, -0.1) is 0 Å². The largest absolute Gasteiger partial charge is 0.748 e. The maximum atomic E-state index is 12.4. The van der Waals surface area contributed by atoms with Gasteiger partial charge in [0.2, 0.25) is 0 Å². The molecule has 2 atom stereocenters. The first-order valence-electron chi connectivity index (χ1n) is 19.6. The predicted octanol–water partition coefficient (Wildman–Crippen LogP) is 5.55. The van der Waals surface area contributed by atoms with Crippen molar-refractivity contribution < 1.29 is 66.9 Å². The molecule has 0 amide bonds. The second-order valence-electron chi connectivity index (χ2n) is 16.4. The van der Waals surface area contributed by atoms with Crippen molar-refractivity contribution in [2.24, 2.45) is 0 Å². The minimum absolute atomic E-state index is 0.00220. The Bertz CT molecular complexity index is 2590. The summed E-state index contributed by atoms with van der Waals surface area (Å²) in [5, 5.41) is 19.1. The Morgan fingerprint density at radius 1 is 0.790 bits per heavy atom.